The summed E-state index contributed by atoms with van der Waals surface area (Å²) < 4.78 is 1.78. The predicted molar refractivity (Wildman–Crippen MR) is 104 cm³/mol. The highest BCUT2D eigenvalue weighted by atomic mass is 16.3. The lowest BCUT2D eigenvalue weighted by Gasteiger charge is -2.28. The van der Waals surface area contributed by atoms with Gasteiger partial charge in [-0.2, -0.15) is 5.10 Å². The molecular formula is C20H23N5O2. The zero-order valence-corrected chi connectivity index (χ0v) is 15.3. The molecule has 0 bridgehead atoms. The van der Waals surface area contributed by atoms with Gasteiger partial charge in [-0.25, -0.2) is 4.98 Å². The summed E-state index contributed by atoms with van der Waals surface area (Å²) in [7, 11) is 1.89. The summed E-state index contributed by atoms with van der Waals surface area (Å²) in [5.41, 5.74) is 2.13. The average Bonchev–Trinajstić information content (AvgIpc) is 3.09. The Hall–Kier alpha value is -2.77. The van der Waals surface area contributed by atoms with Gasteiger partial charge in [-0.1, -0.05) is 12.1 Å². The maximum atomic E-state index is 12.3. The third-order valence-electron chi connectivity index (χ3n) is 4.95. The third kappa shape index (κ3) is 4.15. The summed E-state index contributed by atoms with van der Waals surface area (Å²) in [6.45, 7) is 1.81. The highest BCUT2D eigenvalue weighted by Crippen LogP contribution is 2.25. The molecule has 7 nitrogen and oxygen atoms in total. The summed E-state index contributed by atoms with van der Waals surface area (Å²) in [5, 5.41) is 18.7. The number of aromatic nitrogens is 3. The molecule has 0 aliphatic carbocycles. The molecule has 1 saturated heterocycles. The number of benzene rings is 1. The fourth-order valence-corrected chi connectivity index (χ4v) is 3.42. The first-order chi connectivity index (χ1) is 13.1. The van der Waals surface area contributed by atoms with E-state index in [1.807, 2.05) is 37.6 Å². The van der Waals surface area contributed by atoms with Gasteiger partial charge in [0.25, 0.3) is 0 Å². The van der Waals surface area contributed by atoms with Gasteiger partial charge in [0, 0.05) is 43.5 Å². The van der Waals surface area contributed by atoms with Crippen LogP contribution in [0.2, 0.25) is 0 Å². The fourth-order valence-electron chi connectivity index (χ4n) is 3.42. The van der Waals surface area contributed by atoms with Crippen molar-refractivity contribution in [3.8, 4) is 11.1 Å². The normalized spacial score (nSPS) is 15.9. The Morgan fingerprint density at radius 3 is 2.74 bits per heavy atom. The number of hydrogen-bond acceptors (Lipinski definition) is 5. The standard InChI is InChI=1S/C20H23N5O2/c1-24-12-17(11-22-24)14-2-3-15-10-21-19(9-16(15)8-14)23-20(27)13-25-6-4-18(26)5-7-25/h2-3,8-12,18,26H,4-7,13H2,1H3,(H,21,23,27). The highest BCUT2D eigenvalue weighted by Gasteiger charge is 2.19. The van der Waals surface area contributed by atoms with Crippen molar-refractivity contribution in [2.45, 2.75) is 18.9 Å². The van der Waals surface area contributed by atoms with Gasteiger partial charge in [0.2, 0.25) is 5.91 Å². The SMILES string of the molecule is Cn1cc(-c2ccc3cnc(NC(=O)CN4CCC(O)CC4)cc3c2)cn1. The van der Waals surface area contributed by atoms with Crippen LogP contribution in [0.3, 0.4) is 0 Å². The molecule has 0 radical (unpaired) electrons. The van der Waals surface area contributed by atoms with Crippen LogP contribution in [0.4, 0.5) is 5.82 Å². The number of carbonyl (C=O) groups excluding carboxylic acids is 1. The molecule has 3 aromatic rings. The zero-order chi connectivity index (χ0) is 18.8. The molecule has 7 heteroatoms. The molecule has 3 heterocycles. The number of nitrogens with one attached hydrogen (secondary N) is 1. The first-order valence-corrected chi connectivity index (χ1v) is 9.16. The van der Waals surface area contributed by atoms with Crippen molar-refractivity contribution in [3.63, 3.8) is 0 Å². The number of pyridine rings is 1. The van der Waals surface area contributed by atoms with E-state index < -0.39 is 0 Å². The van der Waals surface area contributed by atoms with Crippen LogP contribution in [0.25, 0.3) is 21.9 Å². The van der Waals surface area contributed by atoms with Crippen molar-refractivity contribution in [2.75, 3.05) is 25.0 Å². The Balaban J connectivity index is 1.48. The average molecular weight is 365 g/mol. The lowest BCUT2D eigenvalue weighted by molar-refractivity contribution is -0.117. The highest BCUT2D eigenvalue weighted by molar-refractivity contribution is 5.94. The molecule has 1 aliphatic heterocycles. The number of hydrogen-bond donors (Lipinski definition) is 2. The molecule has 1 aromatic carbocycles. The van der Waals surface area contributed by atoms with Crippen LogP contribution in [0.1, 0.15) is 12.8 Å². The summed E-state index contributed by atoms with van der Waals surface area (Å²) >= 11 is 0. The van der Waals surface area contributed by atoms with Gasteiger partial charge in [-0.05, 0) is 35.9 Å². The van der Waals surface area contributed by atoms with E-state index in [0.29, 0.717) is 12.4 Å². The van der Waals surface area contributed by atoms with Crippen LogP contribution >= 0.6 is 0 Å². The molecule has 27 heavy (non-hydrogen) atoms. The molecule has 0 saturated carbocycles. The Morgan fingerprint density at radius 1 is 1.19 bits per heavy atom. The van der Waals surface area contributed by atoms with Crippen LogP contribution in [0, 0.1) is 0 Å². The lowest BCUT2D eigenvalue weighted by atomic mass is 10.1. The minimum absolute atomic E-state index is 0.0818. The van der Waals surface area contributed by atoms with Crippen molar-refractivity contribution < 1.29 is 9.90 Å². The quantitative estimate of drug-likeness (QED) is 0.739. The number of rotatable bonds is 4. The molecule has 0 atom stereocenters. The number of aliphatic hydroxyl groups excluding tert-OH is 1. The smallest absolute Gasteiger partial charge is 0.239 e. The molecular weight excluding hydrogens is 342 g/mol. The van der Waals surface area contributed by atoms with Crippen molar-refractivity contribution >= 4 is 22.5 Å². The maximum absolute atomic E-state index is 12.3. The van der Waals surface area contributed by atoms with E-state index in [1.54, 1.807) is 10.9 Å². The minimum Gasteiger partial charge on any atom is -0.393 e. The van der Waals surface area contributed by atoms with Gasteiger partial charge >= 0.3 is 0 Å². The Kier molecular flexibility index (Phi) is 4.87. The van der Waals surface area contributed by atoms with Gasteiger partial charge in [-0.3, -0.25) is 14.4 Å². The Labute approximate surface area is 157 Å². The molecule has 2 N–H and O–H groups in total. The van der Waals surface area contributed by atoms with Gasteiger partial charge in [0.1, 0.15) is 5.82 Å². The van der Waals surface area contributed by atoms with E-state index in [1.165, 1.54) is 0 Å². The maximum Gasteiger partial charge on any atom is 0.239 e. The number of likely N-dealkylation sites (tertiary alicyclic amines) is 1. The van der Waals surface area contributed by atoms with Crippen LogP contribution in [0.5, 0.6) is 0 Å². The van der Waals surface area contributed by atoms with E-state index >= 15 is 0 Å². The minimum atomic E-state index is -0.236. The summed E-state index contributed by atoms with van der Waals surface area (Å²) in [6, 6.07) is 8.04. The van der Waals surface area contributed by atoms with E-state index in [4.69, 9.17) is 0 Å². The number of nitrogens with zero attached hydrogens (tertiary/aromatic N) is 4. The van der Waals surface area contributed by atoms with E-state index in [0.717, 1.165) is 47.8 Å². The number of fused-ring (bicyclic) bond motifs is 1. The number of amides is 1. The number of aliphatic hydroxyl groups is 1. The number of aryl methyl sites for hydroxylation is 1. The van der Waals surface area contributed by atoms with E-state index in [-0.39, 0.29) is 12.0 Å². The first kappa shape index (κ1) is 17.6. The molecule has 1 amide bonds. The second-order valence-electron chi connectivity index (χ2n) is 7.09. The number of carbonyl (C=O) groups is 1. The summed E-state index contributed by atoms with van der Waals surface area (Å²) in [5.74, 6) is 0.467. The van der Waals surface area contributed by atoms with Gasteiger partial charge in [0.15, 0.2) is 0 Å². The monoisotopic (exact) mass is 365 g/mol. The fraction of sp³-hybridized carbons (Fsp3) is 0.350. The second-order valence-corrected chi connectivity index (χ2v) is 7.09. The molecule has 140 valence electrons. The first-order valence-electron chi connectivity index (χ1n) is 9.16. The second kappa shape index (κ2) is 7.46. The van der Waals surface area contributed by atoms with Crippen molar-refractivity contribution in [3.05, 3.63) is 42.9 Å². The largest absolute Gasteiger partial charge is 0.393 e. The van der Waals surface area contributed by atoms with Crippen LogP contribution in [-0.2, 0) is 11.8 Å². The summed E-state index contributed by atoms with van der Waals surface area (Å²) in [6.07, 6.45) is 6.79. The zero-order valence-electron chi connectivity index (χ0n) is 15.3. The van der Waals surface area contributed by atoms with Crippen LogP contribution in [0.15, 0.2) is 42.9 Å². The van der Waals surface area contributed by atoms with E-state index in [2.05, 4.69) is 26.4 Å². The Morgan fingerprint density at radius 2 is 2.00 bits per heavy atom. The van der Waals surface area contributed by atoms with Gasteiger partial charge in [-0.15, -0.1) is 0 Å². The molecule has 4 rings (SSSR count). The number of piperidine rings is 1. The van der Waals surface area contributed by atoms with E-state index in [9.17, 15) is 9.90 Å². The molecule has 0 unspecified atom stereocenters. The number of anilines is 1. The topological polar surface area (TPSA) is 83.3 Å². The lowest BCUT2D eigenvalue weighted by Crippen LogP contribution is -2.40. The van der Waals surface area contributed by atoms with Gasteiger partial charge < -0.3 is 10.4 Å². The Bertz CT molecular complexity index is 960. The van der Waals surface area contributed by atoms with Crippen molar-refractivity contribution in [1.82, 2.24) is 19.7 Å². The predicted octanol–water partition coefficient (Wildman–Crippen LogP) is 2.03. The van der Waals surface area contributed by atoms with Gasteiger partial charge in [0.05, 0.1) is 18.8 Å². The van der Waals surface area contributed by atoms with Crippen molar-refractivity contribution in [2.24, 2.45) is 7.05 Å². The van der Waals surface area contributed by atoms with Crippen LogP contribution < -0.4 is 5.32 Å². The van der Waals surface area contributed by atoms with Crippen molar-refractivity contribution in [1.29, 1.82) is 0 Å². The summed E-state index contributed by atoms with van der Waals surface area (Å²) in [4.78, 5) is 18.7. The molecule has 2 aromatic heterocycles. The molecule has 0 spiro atoms. The third-order valence-corrected chi connectivity index (χ3v) is 4.95. The molecule has 1 fully saturated rings. The van der Waals surface area contributed by atoms with Crippen LogP contribution in [-0.4, -0.2) is 56.4 Å². The molecule has 1 aliphatic rings.